The van der Waals surface area contributed by atoms with E-state index in [1.54, 1.807) is 7.11 Å². The molecule has 62 valence electrons. The summed E-state index contributed by atoms with van der Waals surface area (Å²) in [6.45, 7) is 4.56. The van der Waals surface area contributed by atoms with E-state index in [4.69, 9.17) is 10.5 Å². The molecule has 0 radical (unpaired) electrons. The molecular weight excluding hydrogens is 140 g/mol. The van der Waals surface area contributed by atoms with Gasteiger partial charge in [-0.1, -0.05) is 0 Å². The lowest BCUT2D eigenvalue weighted by Crippen LogP contribution is -1.94. The fourth-order valence-electron chi connectivity index (χ4n) is 1.07. The number of aromatic amines is 1. The molecule has 0 fully saturated rings. The SMILES string of the molecule is COCc1[nH]c(C)c(C)c1N. The van der Waals surface area contributed by atoms with Crippen LogP contribution >= 0.6 is 0 Å². The molecule has 3 heteroatoms. The summed E-state index contributed by atoms with van der Waals surface area (Å²) >= 11 is 0. The Bertz CT molecular complexity index is 253. The lowest BCUT2D eigenvalue weighted by atomic mass is 10.2. The van der Waals surface area contributed by atoms with Crippen LogP contribution in [0.5, 0.6) is 0 Å². The molecule has 0 saturated carbocycles. The molecule has 0 aliphatic rings. The van der Waals surface area contributed by atoms with Gasteiger partial charge in [-0.25, -0.2) is 0 Å². The van der Waals surface area contributed by atoms with Gasteiger partial charge in [0.2, 0.25) is 0 Å². The molecule has 3 N–H and O–H groups in total. The molecule has 0 saturated heterocycles. The van der Waals surface area contributed by atoms with Crippen molar-refractivity contribution in [3.63, 3.8) is 0 Å². The van der Waals surface area contributed by atoms with Gasteiger partial charge in [0, 0.05) is 12.8 Å². The molecule has 0 amide bonds. The molecule has 3 nitrogen and oxygen atoms in total. The summed E-state index contributed by atoms with van der Waals surface area (Å²) in [6, 6.07) is 0. The van der Waals surface area contributed by atoms with Crippen molar-refractivity contribution < 1.29 is 4.74 Å². The van der Waals surface area contributed by atoms with E-state index in [1.165, 1.54) is 0 Å². The van der Waals surface area contributed by atoms with E-state index >= 15 is 0 Å². The number of nitrogen functional groups attached to an aromatic ring is 1. The maximum Gasteiger partial charge on any atom is 0.0883 e. The smallest absolute Gasteiger partial charge is 0.0883 e. The first-order valence-corrected chi connectivity index (χ1v) is 3.59. The minimum atomic E-state index is 0.556. The highest BCUT2D eigenvalue weighted by Crippen LogP contribution is 2.19. The van der Waals surface area contributed by atoms with E-state index in [-0.39, 0.29) is 0 Å². The number of anilines is 1. The standard InChI is InChI=1S/C8H14N2O/c1-5-6(2)10-7(4-11-3)8(5)9/h10H,4,9H2,1-3H3. The Kier molecular flexibility index (Phi) is 2.19. The number of aryl methyl sites for hydroxylation is 1. The first-order chi connectivity index (χ1) is 5.16. The monoisotopic (exact) mass is 154 g/mol. The third-order valence-corrected chi connectivity index (χ3v) is 1.92. The summed E-state index contributed by atoms with van der Waals surface area (Å²) in [5.41, 5.74) is 9.82. The molecular formula is C8H14N2O. The van der Waals surface area contributed by atoms with Gasteiger partial charge in [0.05, 0.1) is 18.0 Å². The van der Waals surface area contributed by atoms with Gasteiger partial charge < -0.3 is 15.5 Å². The van der Waals surface area contributed by atoms with E-state index in [2.05, 4.69) is 4.98 Å². The third kappa shape index (κ3) is 1.38. The van der Waals surface area contributed by atoms with Gasteiger partial charge >= 0.3 is 0 Å². The fourth-order valence-corrected chi connectivity index (χ4v) is 1.07. The number of aromatic nitrogens is 1. The second kappa shape index (κ2) is 2.96. The predicted molar refractivity (Wildman–Crippen MR) is 45.4 cm³/mol. The first-order valence-electron chi connectivity index (χ1n) is 3.59. The summed E-state index contributed by atoms with van der Waals surface area (Å²) < 4.78 is 4.97. The molecule has 11 heavy (non-hydrogen) atoms. The van der Waals surface area contributed by atoms with Crippen LogP contribution in [0, 0.1) is 13.8 Å². The van der Waals surface area contributed by atoms with Gasteiger partial charge in [0.1, 0.15) is 0 Å². The van der Waals surface area contributed by atoms with Crippen LogP contribution in [0.25, 0.3) is 0 Å². The summed E-state index contributed by atoms with van der Waals surface area (Å²) in [5.74, 6) is 0. The van der Waals surface area contributed by atoms with Crippen LogP contribution in [0.15, 0.2) is 0 Å². The maximum atomic E-state index is 5.78. The topological polar surface area (TPSA) is 51.0 Å². The van der Waals surface area contributed by atoms with E-state index in [1.807, 2.05) is 13.8 Å². The van der Waals surface area contributed by atoms with Gasteiger partial charge in [-0.15, -0.1) is 0 Å². The van der Waals surface area contributed by atoms with Crippen LogP contribution < -0.4 is 5.73 Å². The Labute approximate surface area is 66.6 Å². The maximum absolute atomic E-state index is 5.78. The molecule has 1 heterocycles. The molecule has 0 spiro atoms. The number of ether oxygens (including phenoxy) is 1. The molecule has 0 aliphatic heterocycles. The lowest BCUT2D eigenvalue weighted by Gasteiger charge is -1.96. The van der Waals surface area contributed by atoms with Crippen molar-refractivity contribution in [2.45, 2.75) is 20.5 Å². The number of hydrogen-bond donors (Lipinski definition) is 2. The van der Waals surface area contributed by atoms with E-state index < -0.39 is 0 Å². The Morgan fingerprint density at radius 3 is 2.45 bits per heavy atom. The zero-order chi connectivity index (χ0) is 8.43. The highest BCUT2D eigenvalue weighted by atomic mass is 16.5. The molecule has 0 aliphatic carbocycles. The van der Waals surface area contributed by atoms with Gasteiger partial charge in [0.15, 0.2) is 0 Å². The summed E-state index contributed by atoms with van der Waals surface area (Å²) in [4.78, 5) is 3.16. The highest BCUT2D eigenvalue weighted by Gasteiger charge is 2.06. The third-order valence-electron chi connectivity index (χ3n) is 1.92. The second-order valence-corrected chi connectivity index (χ2v) is 2.70. The summed E-state index contributed by atoms with van der Waals surface area (Å²) in [5, 5.41) is 0. The number of rotatable bonds is 2. The van der Waals surface area contributed by atoms with Crippen LogP contribution in [-0.4, -0.2) is 12.1 Å². The van der Waals surface area contributed by atoms with Crippen molar-refractivity contribution in [3.05, 3.63) is 17.0 Å². The van der Waals surface area contributed by atoms with Gasteiger partial charge in [-0.3, -0.25) is 0 Å². The minimum Gasteiger partial charge on any atom is -0.397 e. The van der Waals surface area contributed by atoms with Crippen molar-refractivity contribution >= 4 is 5.69 Å². The first kappa shape index (κ1) is 8.14. The average Bonchev–Trinajstić information content (AvgIpc) is 2.19. The Morgan fingerprint density at radius 2 is 2.09 bits per heavy atom. The van der Waals surface area contributed by atoms with Gasteiger partial charge in [0.25, 0.3) is 0 Å². The van der Waals surface area contributed by atoms with Crippen molar-refractivity contribution in [2.24, 2.45) is 0 Å². The minimum absolute atomic E-state index is 0.556. The van der Waals surface area contributed by atoms with Crippen LogP contribution in [0.3, 0.4) is 0 Å². The predicted octanol–water partition coefficient (Wildman–Crippen LogP) is 1.36. The molecule has 1 rings (SSSR count). The van der Waals surface area contributed by atoms with E-state index in [0.717, 1.165) is 22.6 Å². The fraction of sp³-hybridized carbons (Fsp3) is 0.500. The zero-order valence-corrected chi connectivity index (χ0v) is 7.19. The number of hydrogen-bond acceptors (Lipinski definition) is 2. The molecule has 0 aromatic carbocycles. The summed E-state index contributed by atoms with van der Waals surface area (Å²) in [6.07, 6.45) is 0. The normalized spacial score (nSPS) is 10.5. The quantitative estimate of drug-likeness (QED) is 0.675. The van der Waals surface area contributed by atoms with Crippen molar-refractivity contribution in [1.82, 2.24) is 4.98 Å². The number of nitrogens with two attached hydrogens (primary N) is 1. The average molecular weight is 154 g/mol. The van der Waals surface area contributed by atoms with Crippen LogP contribution in [0.4, 0.5) is 5.69 Å². The van der Waals surface area contributed by atoms with E-state index in [9.17, 15) is 0 Å². The van der Waals surface area contributed by atoms with Crippen LogP contribution in [0.1, 0.15) is 17.0 Å². The number of H-pyrrole nitrogens is 1. The van der Waals surface area contributed by atoms with E-state index in [0.29, 0.717) is 6.61 Å². The molecule has 0 atom stereocenters. The van der Waals surface area contributed by atoms with Crippen molar-refractivity contribution in [1.29, 1.82) is 0 Å². The zero-order valence-electron chi connectivity index (χ0n) is 7.19. The molecule has 1 aromatic rings. The number of nitrogens with one attached hydrogen (secondary N) is 1. The largest absolute Gasteiger partial charge is 0.397 e. The highest BCUT2D eigenvalue weighted by molar-refractivity contribution is 5.53. The second-order valence-electron chi connectivity index (χ2n) is 2.70. The van der Waals surface area contributed by atoms with Crippen molar-refractivity contribution in [3.8, 4) is 0 Å². The van der Waals surface area contributed by atoms with Crippen LogP contribution in [0.2, 0.25) is 0 Å². The van der Waals surface area contributed by atoms with Crippen LogP contribution in [-0.2, 0) is 11.3 Å². The molecule has 0 bridgehead atoms. The molecule has 1 aromatic heterocycles. The summed E-state index contributed by atoms with van der Waals surface area (Å²) in [7, 11) is 1.66. The number of methoxy groups -OCH3 is 1. The van der Waals surface area contributed by atoms with Crippen molar-refractivity contribution in [2.75, 3.05) is 12.8 Å². The Hall–Kier alpha value is -0.960. The van der Waals surface area contributed by atoms with Gasteiger partial charge in [-0.2, -0.15) is 0 Å². The Balaban J connectivity index is 2.98. The molecule has 0 unspecified atom stereocenters. The van der Waals surface area contributed by atoms with Gasteiger partial charge in [-0.05, 0) is 19.4 Å². The Morgan fingerprint density at radius 1 is 1.45 bits per heavy atom. The lowest BCUT2D eigenvalue weighted by molar-refractivity contribution is 0.182.